The molecule has 23 heavy (non-hydrogen) atoms. The van der Waals surface area contributed by atoms with Crippen molar-refractivity contribution in [2.75, 3.05) is 19.4 Å². The molecule has 2 rings (SSSR count). The molecule has 0 radical (unpaired) electrons. The van der Waals surface area contributed by atoms with Crippen molar-refractivity contribution in [3.05, 3.63) is 29.8 Å². The van der Waals surface area contributed by atoms with E-state index in [1.807, 2.05) is 13.8 Å². The van der Waals surface area contributed by atoms with Gasteiger partial charge >= 0.3 is 0 Å². The van der Waals surface area contributed by atoms with E-state index in [-0.39, 0.29) is 17.7 Å². The van der Waals surface area contributed by atoms with Crippen LogP contribution in [0.5, 0.6) is 5.75 Å². The normalized spacial score (nSPS) is 15.0. The summed E-state index contributed by atoms with van der Waals surface area (Å²) in [5, 5.41) is 6.19. The summed E-state index contributed by atoms with van der Waals surface area (Å²) in [6.45, 7) is 4.50. The number of rotatable bonds is 5. The van der Waals surface area contributed by atoms with E-state index in [2.05, 4.69) is 15.6 Å². The van der Waals surface area contributed by atoms with E-state index in [1.165, 1.54) is 11.8 Å². The van der Waals surface area contributed by atoms with Crippen LogP contribution in [0, 0.1) is 5.92 Å². The highest BCUT2D eigenvalue weighted by atomic mass is 32.2. The number of aliphatic imine (C=N–C) groups is 1. The smallest absolute Gasteiger partial charge is 0.251 e. The second-order valence-electron chi connectivity index (χ2n) is 5.45. The number of amidine groups is 1. The van der Waals surface area contributed by atoms with Crippen molar-refractivity contribution in [1.82, 2.24) is 10.6 Å². The number of hydrogen-bond donors (Lipinski definition) is 2. The number of amides is 2. The first-order valence-corrected chi connectivity index (χ1v) is 8.43. The zero-order valence-corrected chi connectivity index (χ0v) is 14.3. The molecule has 0 saturated heterocycles. The molecule has 124 valence electrons. The zero-order valence-electron chi connectivity index (χ0n) is 13.5. The van der Waals surface area contributed by atoms with Crippen LogP contribution in [0.15, 0.2) is 29.3 Å². The fourth-order valence-electron chi connectivity index (χ4n) is 2.10. The monoisotopic (exact) mass is 335 g/mol. The Kier molecular flexibility index (Phi) is 6.04. The van der Waals surface area contributed by atoms with Gasteiger partial charge in [-0.3, -0.25) is 14.6 Å². The van der Waals surface area contributed by atoms with Crippen LogP contribution in [-0.2, 0) is 4.79 Å². The summed E-state index contributed by atoms with van der Waals surface area (Å²) < 4.78 is 5.07. The Morgan fingerprint density at radius 2 is 1.96 bits per heavy atom. The van der Waals surface area contributed by atoms with Crippen molar-refractivity contribution in [3.63, 3.8) is 0 Å². The second kappa shape index (κ2) is 8.01. The molecule has 1 atom stereocenters. The molecule has 0 fully saturated rings. The maximum Gasteiger partial charge on any atom is 0.251 e. The van der Waals surface area contributed by atoms with Crippen molar-refractivity contribution < 1.29 is 14.3 Å². The zero-order chi connectivity index (χ0) is 16.8. The van der Waals surface area contributed by atoms with E-state index in [0.29, 0.717) is 23.0 Å². The van der Waals surface area contributed by atoms with Crippen LogP contribution in [0.4, 0.5) is 0 Å². The number of nitrogens with one attached hydrogen (secondary N) is 2. The third kappa shape index (κ3) is 4.72. The van der Waals surface area contributed by atoms with Crippen molar-refractivity contribution in [3.8, 4) is 5.75 Å². The van der Waals surface area contributed by atoms with Gasteiger partial charge in [-0.05, 0) is 30.2 Å². The Hall–Kier alpha value is -2.02. The molecule has 0 bridgehead atoms. The van der Waals surface area contributed by atoms with Gasteiger partial charge in [0.2, 0.25) is 5.91 Å². The van der Waals surface area contributed by atoms with Crippen molar-refractivity contribution >= 4 is 28.7 Å². The van der Waals surface area contributed by atoms with Gasteiger partial charge in [-0.15, -0.1) is 0 Å². The number of carbonyl (C=O) groups is 2. The summed E-state index contributed by atoms with van der Waals surface area (Å²) in [4.78, 5) is 28.9. The van der Waals surface area contributed by atoms with Gasteiger partial charge in [-0.1, -0.05) is 25.6 Å². The lowest BCUT2D eigenvalue weighted by Gasteiger charge is -2.21. The molecule has 0 aliphatic carbocycles. The van der Waals surface area contributed by atoms with Gasteiger partial charge in [-0.2, -0.15) is 0 Å². The molecule has 0 saturated carbocycles. The molecule has 1 unspecified atom stereocenters. The molecule has 2 N–H and O–H groups in total. The van der Waals surface area contributed by atoms with Gasteiger partial charge < -0.3 is 15.4 Å². The number of nitrogens with zero attached hydrogens (tertiary/aromatic N) is 1. The van der Waals surface area contributed by atoms with Gasteiger partial charge in [0.05, 0.1) is 13.7 Å². The number of benzene rings is 1. The van der Waals surface area contributed by atoms with Crippen molar-refractivity contribution in [2.24, 2.45) is 10.9 Å². The van der Waals surface area contributed by atoms with E-state index in [4.69, 9.17) is 4.74 Å². The van der Waals surface area contributed by atoms with Gasteiger partial charge in [-0.25, -0.2) is 0 Å². The van der Waals surface area contributed by atoms with E-state index in [0.717, 1.165) is 5.75 Å². The molecule has 2 amide bonds. The highest BCUT2D eigenvalue weighted by molar-refractivity contribution is 8.14. The molecule has 1 aliphatic heterocycles. The van der Waals surface area contributed by atoms with Crippen molar-refractivity contribution in [2.45, 2.75) is 19.9 Å². The first kappa shape index (κ1) is 17.3. The van der Waals surface area contributed by atoms with E-state index < -0.39 is 6.04 Å². The van der Waals surface area contributed by atoms with Crippen LogP contribution in [0.1, 0.15) is 24.2 Å². The van der Waals surface area contributed by atoms with E-state index in [1.54, 1.807) is 31.4 Å². The van der Waals surface area contributed by atoms with Crippen LogP contribution in [0.2, 0.25) is 0 Å². The molecule has 1 aromatic carbocycles. The predicted molar refractivity (Wildman–Crippen MR) is 92.0 cm³/mol. The molecule has 7 heteroatoms. The second-order valence-corrected chi connectivity index (χ2v) is 6.53. The van der Waals surface area contributed by atoms with Crippen LogP contribution < -0.4 is 15.4 Å². The predicted octanol–water partition coefficient (Wildman–Crippen LogP) is 1.67. The lowest BCUT2D eigenvalue weighted by atomic mass is 10.0. The SMILES string of the molecule is COc1ccc(C(=O)NC(C(=O)NC2=NCCS2)C(C)C)cc1. The summed E-state index contributed by atoms with van der Waals surface area (Å²) >= 11 is 1.51. The molecule has 1 aliphatic rings. The van der Waals surface area contributed by atoms with Crippen LogP contribution in [0.25, 0.3) is 0 Å². The minimum atomic E-state index is -0.617. The first-order chi connectivity index (χ1) is 11.0. The molecular weight excluding hydrogens is 314 g/mol. The number of carbonyl (C=O) groups excluding carboxylic acids is 2. The largest absolute Gasteiger partial charge is 0.497 e. The molecule has 1 heterocycles. The van der Waals surface area contributed by atoms with Gasteiger partial charge in [0.25, 0.3) is 5.91 Å². The van der Waals surface area contributed by atoms with Crippen LogP contribution in [-0.4, -0.2) is 42.4 Å². The average molecular weight is 335 g/mol. The van der Waals surface area contributed by atoms with E-state index >= 15 is 0 Å². The minimum absolute atomic E-state index is 0.0378. The Labute approximate surface area is 140 Å². The van der Waals surface area contributed by atoms with E-state index in [9.17, 15) is 9.59 Å². The highest BCUT2D eigenvalue weighted by Crippen LogP contribution is 2.13. The Morgan fingerprint density at radius 3 is 2.48 bits per heavy atom. The minimum Gasteiger partial charge on any atom is -0.497 e. The standard InChI is InChI=1S/C16H21N3O3S/c1-10(2)13(15(21)19-16-17-8-9-23-16)18-14(20)11-4-6-12(22-3)7-5-11/h4-7,10,13H,8-9H2,1-3H3,(H,18,20)(H,17,19,21). The summed E-state index contributed by atoms with van der Waals surface area (Å²) in [5.74, 6) is 0.984. The lowest BCUT2D eigenvalue weighted by Crippen LogP contribution is -2.50. The molecule has 1 aromatic rings. The Balaban J connectivity index is 2.02. The molecule has 0 spiro atoms. The first-order valence-electron chi connectivity index (χ1n) is 7.44. The summed E-state index contributed by atoms with van der Waals surface area (Å²) in [6, 6.07) is 6.14. The lowest BCUT2D eigenvalue weighted by molar-refractivity contribution is -0.122. The number of thioether (sulfide) groups is 1. The molecule has 0 aromatic heterocycles. The van der Waals surface area contributed by atoms with Crippen LogP contribution >= 0.6 is 11.8 Å². The van der Waals surface area contributed by atoms with Gasteiger partial charge in [0, 0.05) is 11.3 Å². The summed E-state index contributed by atoms with van der Waals surface area (Å²) in [6.07, 6.45) is 0. The Bertz CT molecular complexity index is 599. The topological polar surface area (TPSA) is 79.8 Å². The highest BCUT2D eigenvalue weighted by Gasteiger charge is 2.26. The Morgan fingerprint density at radius 1 is 1.26 bits per heavy atom. The third-order valence-corrected chi connectivity index (χ3v) is 4.29. The average Bonchev–Trinajstić information content (AvgIpc) is 3.04. The third-order valence-electron chi connectivity index (χ3n) is 3.40. The van der Waals surface area contributed by atoms with Gasteiger partial charge in [0.15, 0.2) is 5.17 Å². The quantitative estimate of drug-likeness (QED) is 0.858. The number of hydrogen-bond acceptors (Lipinski definition) is 5. The fourth-order valence-corrected chi connectivity index (χ4v) is 2.83. The number of ether oxygens (including phenoxy) is 1. The maximum absolute atomic E-state index is 12.4. The maximum atomic E-state index is 12.4. The van der Waals surface area contributed by atoms with Gasteiger partial charge in [0.1, 0.15) is 11.8 Å². The fraction of sp³-hybridized carbons (Fsp3) is 0.438. The number of methoxy groups -OCH3 is 1. The molecular formula is C16H21N3O3S. The summed E-state index contributed by atoms with van der Waals surface area (Å²) in [7, 11) is 1.57. The van der Waals surface area contributed by atoms with Crippen LogP contribution in [0.3, 0.4) is 0 Å². The summed E-state index contributed by atoms with van der Waals surface area (Å²) in [5.41, 5.74) is 0.483. The molecule has 6 nitrogen and oxygen atoms in total. The van der Waals surface area contributed by atoms with Crippen molar-refractivity contribution in [1.29, 1.82) is 0 Å².